The summed E-state index contributed by atoms with van der Waals surface area (Å²) in [7, 11) is -3.59. The fourth-order valence-electron chi connectivity index (χ4n) is 2.87. The first kappa shape index (κ1) is 21.8. The lowest BCUT2D eigenvalue weighted by Crippen LogP contribution is -2.40. The molecule has 0 saturated carbocycles. The van der Waals surface area contributed by atoms with Gasteiger partial charge in [0.25, 0.3) is 5.91 Å². The van der Waals surface area contributed by atoms with E-state index in [2.05, 4.69) is 10.6 Å². The summed E-state index contributed by atoms with van der Waals surface area (Å²) in [5, 5.41) is 5.28. The van der Waals surface area contributed by atoms with Gasteiger partial charge >= 0.3 is 0 Å². The summed E-state index contributed by atoms with van der Waals surface area (Å²) < 4.78 is 37.3. The molecular weight excluding hydrogens is 410 g/mol. The second kappa shape index (κ2) is 9.70. The van der Waals surface area contributed by atoms with Gasteiger partial charge in [-0.2, -0.15) is 4.31 Å². The molecule has 9 nitrogen and oxygen atoms in total. The Labute approximate surface area is 175 Å². The van der Waals surface area contributed by atoms with Crippen molar-refractivity contribution in [1.29, 1.82) is 0 Å². The van der Waals surface area contributed by atoms with E-state index in [0.717, 1.165) is 0 Å². The second-order valence-corrected chi connectivity index (χ2v) is 8.49. The van der Waals surface area contributed by atoms with Crippen molar-refractivity contribution in [2.24, 2.45) is 0 Å². The van der Waals surface area contributed by atoms with Gasteiger partial charge in [0, 0.05) is 25.7 Å². The highest BCUT2D eigenvalue weighted by Gasteiger charge is 2.26. The molecule has 2 amide bonds. The Balaban J connectivity index is 1.58. The maximum absolute atomic E-state index is 12.6. The Kier molecular flexibility index (Phi) is 7.03. The minimum Gasteiger partial charge on any atom is -0.482 e. The lowest BCUT2D eigenvalue weighted by Gasteiger charge is -2.26. The van der Waals surface area contributed by atoms with Crippen LogP contribution in [0.15, 0.2) is 53.4 Å². The Morgan fingerprint density at radius 1 is 1.03 bits per heavy atom. The van der Waals surface area contributed by atoms with Crippen LogP contribution in [0.3, 0.4) is 0 Å². The summed E-state index contributed by atoms with van der Waals surface area (Å²) >= 11 is 0. The molecule has 2 aromatic carbocycles. The number of morpholine rings is 1. The van der Waals surface area contributed by atoms with Gasteiger partial charge in [0.05, 0.1) is 23.8 Å². The third-order valence-electron chi connectivity index (χ3n) is 4.30. The van der Waals surface area contributed by atoms with E-state index in [0.29, 0.717) is 43.4 Å². The Bertz CT molecular complexity index is 1000. The first-order chi connectivity index (χ1) is 14.4. The molecule has 0 unspecified atom stereocenters. The molecule has 2 N–H and O–H groups in total. The maximum atomic E-state index is 12.6. The highest BCUT2D eigenvalue weighted by Crippen LogP contribution is 2.24. The molecular formula is C20H23N3O6S. The molecule has 0 atom stereocenters. The average molecular weight is 433 g/mol. The average Bonchev–Trinajstić information content (AvgIpc) is 2.74. The van der Waals surface area contributed by atoms with E-state index < -0.39 is 15.9 Å². The third kappa shape index (κ3) is 5.56. The molecule has 1 heterocycles. The van der Waals surface area contributed by atoms with E-state index in [1.54, 1.807) is 24.3 Å². The molecule has 3 rings (SSSR count). The zero-order valence-corrected chi connectivity index (χ0v) is 17.3. The molecule has 1 aliphatic heterocycles. The second-order valence-electron chi connectivity index (χ2n) is 6.56. The molecule has 30 heavy (non-hydrogen) atoms. The number of ether oxygens (including phenoxy) is 2. The van der Waals surface area contributed by atoms with E-state index in [1.165, 1.54) is 35.5 Å². The normalized spacial score (nSPS) is 14.7. The minimum absolute atomic E-state index is 0.155. The van der Waals surface area contributed by atoms with Crippen molar-refractivity contribution in [2.75, 3.05) is 43.5 Å². The van der Waals surface area contributed by atoms with Gasteiger partial charge in [-0.3, -0.25) is 9.59 Å². The summed E-state index contributed by atoms with van der Waals surface area (Å²) in [6, 6.07) is 12.7. The topological polar surface area (TPSA) is 114 Å². The van der Waals surface area contributed by atoms with Crippen molar-refractivity contribution in [3.8, 4) is 5.75 Å². The predicted octanol–water partition coefficient (Wildman–Crippen LogP) is 1.68. The van der Waals surface area contributed by atoms with Crippen molar-refractivity contribution >= 4 is 33.2 Å². The van der Waals surface area contributed by atoms with Crippen molar-refractivity contribution in [2.45, 2.75) is 11.8 Å². The van der Waals surface area contributed by atoms with Crippen LogP contribution in [0, 0.1) is 0 Å². The van der Waals surface area contributed by atoms with Crippen LogP contribution >= 0.6 is 0 Å². The Hall–Kier alpha value is -2.95. The number of benzene rings is 2. The van der Waals surface area contributed by atoms with Gasteiger partial charge in [-0.05, 0) is 36.4 Å². The van der Waals surface area contributed by atoms with Crippen LogP contribution in [0.1, 0.15) is 6.92 Å². The van der Waals surface area contributed by atoms with E-state index in [9.17, 15) is 18.0 Å². The quantitative estimate of drug-likeness (QED) is 0.687. The predicted molar refractivity (Wildman–Crippen MR) is 111 cm³/mol. The van der Waals surface area contributed by atoms with Crippen LogP contribution in [0.25, 0.3) is 0 Å². The third-order valence-corrected chi connectivity index (χ3v) is 6.22. The first-order valence-corrected chi connectivity index (χ1v) is 10.8. The van der Waals surface area contributed by atoms with Crippen molar-refractivity contribution < 1.29 is 27.5 Å². The molecule has 0 aliphatic carbocycles. The highest BCUT2D eigenvalue weighted by atomic mass is 32.2. The van der Waals surface area contributed by atoms with Gasteiger partial charge in [-0.25, -0.2) is 8.42 Å². The molecule has 10 heteroatoms. The first-order valence-electron chi connectivity index (χ1n) is 9.33. The zero-order valence-electron chi connectivity index (χ0n) is 16.5. The van der Waals surface area contributed by atoms with Crippen LogP contribution < -0.4 is 15.4 Å². The SMILES string of the molecule is CC(=O)Nc1ccccc1OCC(=O)Nc1ccc(S(=O)(=O)N2CCOCC2)cc1. The highest BCUT2D eigenvalue weighted by molar-refractivity contribution is 7.89. The van der Waals surface area contributed by atoms with Gasteiger partial charge in [-0.15, -0.1) is 0 Å². The number of carbonyl (C=O) groups excluding carboxylic acids is 2. The van der Waals surface area contributed by atoms with Crippen LogP contribution in [-0.2, 0) is 24.3 Å². The maximum Gasteiger partial charge on any atom is 0.262 e. The van der Waals surface area contributed by atoms with Crippen molar-refractivity contribution in [1.82, 2.24) is 4.31 Å². The molecule has 1 fully saturated rings. The van der Waals surface area contributed by atoms with E-state index in [4.69, 9.17) is 9.47 Å². The molecule has 0 aromatic heterocycles. The zero-order chi connectivity index (χ0) is 21.6. The molecule has 1 aliphatic rings. The fraction of sp³-hybridized carbons (Fsp3) is 0.300. The monoisotopic (exact) mass is 433 g/mol. The number of amides is 2. The summed E-state index contributed by atoms with van der Waals surface area (Å²) in [5.41, 5.74) is 0.912. The van der Waals surface area contributed by atoms with Crippen LogP contribution in [0.5, 0.6) is 5.75 Å². The summed E-state index contributed by atoms with van der Waals surface area (Å²) in [4.78, 5) is 23.6. The van der Waals surface area contributed by atoms with Gasteiger partial charge in [0.2, 0.25) is 15.9 Å². The Morgan fingerprint density at radius 2 is 1.70 bits per heavy atom. The lowest BCUT2D eigenvalue weighted by atomic mass is 10.3. The number of hydrogen-bond donors (Lipinski definition) is 2. The molecule has 0 bridgehead atoms. The molecule has 0 radical (unpaired) electrons. The number of nitrogens with one attached hydrogen (secondary N) is 2. The molecule has 2 aromatic rings. The van der Waals surface area contributed by atoms with Crippen molar-refractivity contribution in [3.63, 3.8) is 0 Å². The summed E-state index contributed by atoms with van der Waals surface area (Å²) in [6.07, 6.45) is 0. The van der Waals surface area contributed by atoms with Gasteiger partial charge in [0.1, 0.15) is 5.75 Å². The summed E-state index contributed by atoms with van der Waals surface area (Å²) in [5.74, 6) is -0.297. The largest absolute Gasteiger partial charge is 0.482 e. The number of rotatable bonds is 7. The number of nitrogens with zero attached hydrogens (tertiary/aromatic N) is 1. The van der Waals surface area contributed by atoms with E-state index >= 15 is 0 Å². The molecule has 1 saturated heterocycles. The smallest absolute Gasteiger partial charge is 0.262 e. The number of hydrogen-bond acceptors (Lipinski definition) is 6. The van der Waals surface area contributed by atoms with E-state index in [1.807, 2.05) is 0 Å². The van der Waals surface area contributed by atoms with Crippen LogP contribution in [-0.4, -0.2) is 57.4 Å². The van der Waals surface area contributed by atoms with Gasteiger partial charge in [0.15, 0.2) is 6.61 Å². The number of para-hydroxylation sites is 2. The van der Waals surface area contributed by atoms with Crippen molar-refractivity contribution in [3.05, 3.63) is 48.5 Å². The van der Waals surface area contributed by atoms with E-state index in [-0.39, 0.29) is 17.4 Å². The number of anilines is 2. The number of carbonyl (C=O) groups is 2. The van der Waals surface area contributed by atoms with Gasteiger partial charge < -0.3 is 20.1 Å². The standard InChI is InChI=1S/C20H23N3O6S/c1-15(24)21-18-4-2-3-5-19(18)29-14-20(25)22-16-6-8-17(9-7-16)30(26,27)23-10-12-28-13-11-23/h2-9H,10-14H2,1H3,(H,21,24)(H,22,25). The summed E-state index contributed by atoms with van der Waals surface area (Å²) in [6.45, 7) is 2.49. The lowest BCUT2D eigenvalue weighted by molar-refractivity contribution is -0.118. The van der Waals surface area contributed by atoms with Crippen LogP contribution in [0.2, 0.25) is 0 Å². The fourth-order valence-corrected chi connectivity index (χ4v) is 4.28. The van der Waals surface area contributed by atoms with Crippen LogP contribution in [0.4, 0.5) is 11.4 Å². The molecule has 0 spiro atoms. The minimum atomic E-state index is -3.59. The molecule has 160 valence electrons. The van der Waals surface area contributed by atoms with Gasteiger partial charge in [-0.1, -0.05) is 12.1 Å². The Morgan fingerprint density at radius 3 is 2.37 bits per heavy atom. The number of sulfonamides is 1.